The molecule has 140 valence electrons. The van der Waals surface area contributed by atoms with Gasteiger partial charge in [0.25, 0.3) is 0 Å². The zero-order chi connectivity index (χ0) is 19.6. The first-order valence-electron chi connectivity index (χ1n) is 8.74. The van der Waals surface area contributed by atoms with Crippen molar-refractivity contribution in [3.05, 3.63) is 64.4 Å². The lowest BCUT2D eigenvalue weighted by atomic mass is 10.0. The Bertz CT molecular complexity index is 968. The molecule has 0 saturated heterocycles. The van der Waals surface area contributed by atoms with Crippen molar-refractivity contribution in [3.8, 4) is 10.6 Å². The molecular weight excluding hydrogens is 360 g/mol. The fraction of sp³-hybridized carbons (Fsp3) is 0.286. The molecule has 3 aromatic rings. The average molecular weight is 382 g/mol. The van der Waals surface area contributed by atoms with Crippen LogP contribution in [0.3, 0.4) is 0 Å². The van der Waals surface area contributed by atoms with Gasteiger partial charge in [0.05, 0.1) is 5.69 Å². The number of hydrogen-bond acceptors (Lipinski definition) is 5. The van der Waals surface area contributed by atoms with Gasteiger partial charge in [0, 0.05) is 29.8 Å². The molecule has 5 nitrogen and oxygen atoms in total. The molecule has 0 atom stereocenters. The maximum absolute atomic E-state index is 12.3. The van der Waals surface area contributed by atoms with E-state index in [2.05, 4.69) is 43.1 Å². The first-order valence-corrected chi connectivity index (χ1v) is 9.62. The third kappa shape index (κ3) is 4.34. The van der Waals surface area contributed by atoms with Crippen molar-refractivity contribution in [2.75, 3.05) is 0 Å². The maximum Gasteiger partial charge on any atom is 0.355 e. The Morgan fingerprint density at radius 1 is 1.22 bits per heavy atom. The lowest BCUT2D eigenvalue weighted by Crippen LogP contribution is -2.09. The van der Waals surface area contributed by atoms with Gasteiger partial charge < -0.3 is 9.30 Å². The maximum atomic E-state index is 12.3. The van der Waals surface area contributed by atoms with Gasteiger partial charge in [-0.3, -0.25) is 4.79 Å². The molecule has 0 N–H and O–H groups in total. The standard InChI is InChI=1S/C21H22N2O3S/c1-13(2)15-5-7-16(8-6-15)20-22-18(12-27-20)11-26-21(25)19-9-17(14(3)24)10-23(19)4/h5-10,12-13H,11H2,1-4H3. The first-order chi connectivity index (χ1) is 12.8. The summed E-state index contributed by atoms with van der Waals surface area (Å²) < 4.78 is 6.96. The Hall–Kier alpha value is -2.73. The van der Waals surface area contributed by atoms with Crippen LogP contribution in [0.5, 0.6) is 0 Å². The van der Waals surface area contributed by atoms with Crippen molar-refractivity contribution in [2.24, 2.45) is 7.05 Å². The van der Waals surface area contributed by atoms with Gasteiger partial charge in [-0.15, -0.1) is 11.3 Å². The molecule has 0 amide bonds. The number of carbonyl (C=O) groups is 2. The fourth-order valence-electron chi connectivity index (χ4n) is 2.69. The van der Waals surface area contributed by atoms with Crippen molar-refractivity contribution in [1.29, 1.82) is 0 Å². The van der Waals surface area contributed by atoms with Crippen LogP contribution in [0.15, 0.2) is 41.9 Å². The molecule has 0 fully saturated rings. The van der Waals surface area contributed by atoms with E-state index < -0.39 is 5.97 Å². The van der Waals surface area contributed by atoms with E-state index in [1.807, 2.05) is 5.38 Å². The number of aromatic nitrogens is 2. The van der Waals surface area contributed by atoms with Gasteiger partial charge in [-0.2, -0.15) is 0 Å². The molecule has 2 aromatic heterocycles. The minimum Gasteiger partial charge on any atom is -0.454 e. The quantitative estimate of drug-likeness (QED) is 0.452. The number of thiazole rings is 1. The Labute approximate surface area is 162 Å². The minimum absolute atomic E-state index is 0.0859. The van der Waals surface area contributed by atoms with E-state index in [4.69, 9.17) is 4.74 Å². The zero-order valence-corrected chi connectivity index (χ0v) is 16.7. The Kier molecular flexibility index (Phi) is 5.56. The van der Waals surface area contributed by atoms with Crippen molar-refractivity contribution in [2.45, 2.75) is 33.3 Å². The summed E-state index contributed by atoms with van der Waals surface area (Å²) >= 11 is 1.52. The lowest BCUT2D eigenvalue weighted by molar-refractivity contribution is 0.0457. The lowest BCUT2D eigenvalue weighted by Gasteiger charge is -2.05. The topological polar surface area (TPSA) is 61.2 Å². The predicted octanol–water partition coefficient (Wildman–Crippen LogP) is 4.83. The number of rotatable bonds is 6. The highest BCUT2D eigenvalue weighted by molar-refractivity contribution is 7.13. The highest BCUT2D eigenvalue weighted by Crippen LogP contribution is 2.26. The number of hydrogen-bond donors (Lipinski definition) is 0. The number of nitrogens with zero attached hydrogens (tertiary/aromatic N) is 2. The number of ketones is 1. The third-order valence-corrected chi connectivity index (χ3v) is 5.29. The van der Waals surface area contributed by atoms with Gasteiger partial charge in [0.15, 0.2) is 5.78 Å². The van der Waals surface area contributed by atoms with Crippen molar-refractivity contribution < 1.29 is 14.3 Å². The molecule has 2 heterocycles. The van der Waals surface area contributed by atoms with Crippen LogP contribution in [0.1, 0.15) is 58.8 Å². The molecule has 0 radical (unpaired) electrons. The summed E-state index contributed by atoms with van der Waals surface area (Å²) in [6.45, 7) is 5.89. The van der Waals surface area contributed by atoms with E-state index in [1.165, 1.54) is 23.8 Å². The molecule has 1 aromatic carbocycles. The van der Waals surface area contributed by atoms with E-state index in [1.54, 1.807) is 23.9 Å². The van der Waals surface area contributed by atoms with E-state index in [0.29, 0.717) is 22.9 Å². The SMILES string of the molecule is CC(=O)c1cc(C(=O)OCc2csc(-c3ccc(C(C)C)cc3)n2)n(C)c1. The average Bonchev–Trinajstić information content (AvgIpc) is 3.26. The fourth-order valence-corrected chi connectivity index (χ4v) is 3.50. The van der Waals surface area contributed by atoms with Gasteiger partial charge in [0.2, 0.25) is 0 Å². The largest absolute Gasteiger partial charge is 0.454 e. The molecule has 3 rings (SSSR count). The smallest absolute Gasteiger partial charge is 0.355 e. The van der Waals surface area contributed by atoms with Gasteiger partial charge in [-0.1, -0.05) is 38.1 Å². The van der Waals surface area contributed by atoms with Gasteiger partial charge in [0.1, 0.15) is 17.3 Å². The van der Waals surface area contributed by atoms with Crippen LogP contribution in [-0.4, -0.2) is 21.3 Å². The highest BCUT2D eigenvalue weighted by Gasteiger charge is 2.16. The summed E-state index contributed by atoms with van der Waals surface area (Å²) in [4.78, 5) is 28.3. The van der Waals surface area contributed by atoms with Crippen LogP contribution in [0.2, 0.25) is 0 Å². The van der Waals surface area contributed by atoms with Gasteiger partial charge >= 0.3 is 5.97 Å². The third-order valence-electron chi connectivity index (χ3n) is 4.35. The zero-order valence-electron chi connectivity index (χ0n) is 15.9. The first kappa shape index (κ1) is 19.0. The second-order valence-electron chi connectivity index (χ2n) is 6.78. The molecule has 0 aliphatic rings. The van der Waals surface area contributed by atoms with E-state index in [9.17, 15) is 9.59 Å². The summed E-state index contributed by atoms with van der Waals surface area (Å²) in [6.07, 6.45) is 1.63. The Morgan fingerprint density at radius 2 is 1.93 bits per heavy atom. The van der Waals surface area contributed by atoms with Crippen LogP contribution >= 0.6 is 11.3 Å². The van der Waals surface area contributed by atoms with Crippen LogP contribution < -0.4 is 0 Å². The molecular formula is C21H22N2O3S. The summed E-state index contributed by atoms with van der Waals surface area (Å²) in [7, 11) is 1.71. The number of esters is 1. The summed E-state index contributed by atoms with van der Waals surface area (Å²) in [5, 5.41) is 2.79. The molecule has 6 heteroatoms. The van der Waals surface area contributed by atoms with Crippen molar-refractivity contribution in [3.63, 3.8) is 0 Å². The summed E-state index contributed by atoms with van der Waals surface area (Å²) in [6, 6.07) is 9.91. The van der Waals surface area contributed by atoms with Gasteiger partial charge in [-0.05, 0) is 24.5 Å². The molecule has 0 aliphatic carbocycles. The van der Waals surface area contributed by atoms with Gasteiger partial charge in [-0.25, -0.2) is 9.78 Å². The number of aryl methyl sites for hydroxylation is 1. The monoisotopic (exact) mass is 382 g/mol. The van der Waals surface area contributed by atoms with E-state index in [-0.39, 0.29) is 12.4 Å². The molecule has 0 spiro atoms. The van der Waals surface area contributed by atoms with E-state index in [0.717, 1.165) is 10.6 Å². The number of Topliss-reactive ketones (excluding diaryl/α,β-unsaturated/α-hetero) is 1. The number of benzene rings is 1. The molecule has 27 heavy (non-hydrogen) atoms. The minimum atomic E-state index is -0.471. The van der Waals surface area contributed by atoms with Crippen molar-refractivity contribution in [1.82, 2.24) is 9.55 Å². The molecule has 0 aliphatic heterocycles. The van der Waals surface area contributed by atoms with Crippen LogP contribution in [-0.2, 0) is 18.4 Å². The van der Waals surface area contributed by atoms with Crippen molar-refractivity contribution >= 4 is 23.1 Å². The number of ether oxygens (including phenoxy) is 1. The second-order valence-corrected chi connectivity index (χ2v) is 7.64. The van der Waals surface area contributed by atoms with Crippen LogP contribution in [0.4, 0.5) is 0 Å². The second kappa shape index (κ2) is 7.88. The highest BCUT2D eigenvalue weighted by atomic mass is 32.1. The normalized spacial score (nSPS) is 11.0. The molecule has 0 unspecified atom stereocenters. The summed E-state index contributed by atoms with van der Waals surface area (Å²) in [5.74, 6) is -0.0653. The predicted molar refractivity (Wildman–Crippen MR) is 106 cm³/mol. The Balaban J connectivity index is 1.66. The van der Waals surface area contributed by atoms with E-state index >= 15 is 0 Å². The summed E-state index contributed by atoms with van der Waals surface area (Å²) in [5.41, 5.74) is 3.88. The molecule has 0 bridgehead atoms. The molecule has 0 saturated carbocycles. The van der Waals surface area contributed by atoms with Crippen LogP contribution in [0, 0.1) is 0 Å². The van der Waals surface area contributed by atoms with Crippen LogP contribution in [0.25, 0.3) is 10.6 Å². The Morgan fingerprint density at radius 3 is 2.52 bits per heavy atom. The number of carbonyl (C=O) groups excluding carboxylic acids is 2.